The molecule has 0 bridgehead atoms. The van der Waals surface area contributed by atoms with E-state index in [9.17, 15) is 14.4 Å². The van der Waals surface area contributed by atoms with Crippen LogP contribution < -0.4 is 16.0 Å². The third kappa shape index (κ3) is 4.44. The maximum absolute atomic E-state index is 12.5. The summed E-state index contributed by atoms with van der Waals surface area (Å²) < 4.78 is 0. The van der Waals surface area contributed by atoms with Crippen molar-refractivity contribution in [1.82, 2.24) is 0 Å². The summed E-state index contributed by atoms with van der Waals surface area (Å²) in [5.74, 6) is -1.63. The van der Waals surface area contributed by atoms with Gasteiger partial charge in [0, 0.05) is 24.1 Å². The Morgan fingerprint density at radius 2 is 1.85 bits per heavy atom. The number of aryl methyl sites for hydroxylation is 1. The summed E-state index contributed by atoms with van der Waals surface area (Å²) in [4.78, 5) is 43.9. The second-order valence-corrected chi connectivity index (χ2v) is 6.36. The van der Waals surface area contributed by atoms with Gasteiger partial charge in [0.1, 0.15) is 0 Å². The molecule has 0 fully saturated rings. The lowest BCUT2D eigenvalue weighted by atomic mass is 10.0. The molecule has 2 amide bonds. The van der Waals surface area contributed by atoms with Gasteiger partial charge in [0.15, 0.2) is 6.04 Å². The summed E-state index contributed by atoms with van der Waals surface area (Å²) in [6.07, 6.45) is 0.265. The molecule has 2 aromatic rings. The number of amides is 2. The number of benzene rings is 2. The Morgan fingerprint density at radius 3 is 2.59 bits per heavy atom. The average molecular weight is 365 g/mol. The highest BCUT2D eigenvalue weighted by atomic mass is 16.4. The van der Waals surface area contributed by atoms with E-state index in [1.54, 1.807) is 24.3 Å². The van der Waals surface area contributed by atoms with E-state index in [1.165, 1.54) is 0 Å². The van der Waals surface area contributed by atoms with Crippen molar-refractivity contribution in [1.29, 1.82) is 0 Å². The van der Waals surface area contributed by atoms with Crippen LogP contribution in [0.25, 0.3) is 0 Å². The first-order valence-corrected chi connectivity index (χ1v) is 8.61. The van der Waals surface area contributed by atoms with Crippen LogP contribution in [0.3, 0.4) is 0 Å². The molecule has 0 saturated carbocycles. The molecule has 0 spiro atoms. The molecule has 0 aromatic heterocycles. The highest BCUT2D eigenvalue weighted by Gasteiger charge is 2.25. The minimum Gasteiger partial charge on any atom is -0.481 e. The molecule has 7 heteroatoms. The number of fused-ring (bicyclic) bond motifs is 1. The summed E-state index contributed by atoms with van der Waals surface area (Å²) in [5.41, 5.74) is 1.98. The Balaban J connectivity index is 1.89. The molecule has 2 aromatic carbocycles. The van der Waals surface area contributed by atoms with E-state index in [0.717, 1.165) is 5.56 Å². The van der Waals surface area contributed by atoms with Gasteiger partial charge in [-0.15, -0.1) is 0 Å². The maximum atomic E-state index is 12.5. The van der Waals surface area contributed by atoms with Crippen molar-refractivity contribution in [3.05, 3.63) is 64.3 Å². The summed E-state index contributed by atoms with van der Waals surface area (Å²) >= 11 is 0. The van der Waals surface area contributed by atoms with E-state index in [2.05, 4.69) is 15.3 Å². The first-order valence-electron chi connectivity index (χ1n) is 8.61. The number of aliphatic carboxylic acids is 1. The van der Waals surface area contributed by atoms with E-state index in [4.69, 9.17) is 5.11 Å². The van der Waals surface area contributed by atoms with E-state index in [1.807, 2.05) is 25.1 Å². The zero-order valence-corrected chi connectivity index (χ0v) is 14.8. The number of carbonyl (C=O) groups is 3. The number of hydrogen-bond donors (Lipinski definition) is 2. The highest BCUT2D eigenvalue weighted by molar-refractivity contribution is 5.94. The Morgan fingerprint density at radius 1 is 1.11 bits per heavy atom. The summed E-state index contributed by atoms with van der Waals surface area (Å²) in [5, 5.41) is 12.6. The molecule has 1 atom stereocenters. The van der Waals surface area contributed by atoms with Crippen LogP contribution >= 0.6 is 0 Å². The van der Waals surface area contributed by atoms with Gasteiger partial charge in [0.2, 0.25) is 5.91 Å². The van der Waals surface area contributed by atoms with Gasteiger partial charge in [-0.3, -0.25) is 19.4 Å². The van der Waals surface area contributed by atoms with Gasteiger partial charge in [-0.2, -0.15) is 0 Å². The first kappa shape index (κ1) is 18.4. The molecule has 1 unspecified atom stereocenters. The molecule has 0 aliphatic carbocycles. The molecule has 3 rings (SSSR count). The minimum atomic E-state index is -0.939. The Kier molecular flexibility index (Phi) is 5.40. The lowest BCUT2D eigenvalue weighted by molar-refractivity contribution is -0.137. The number of nitrogens with zero attached hydrogens (tertiary/aromatic N) is 2. The number of hydrogen-bond acceptors (Lipinski definition) is 4. The van der Waals surface area contributed by atoms with Crippen molar-refractivity contribution >= 4 is 23.5 Å². The fourth-order valence-electron chi connectivity index (χ4n) is 2.88. The predicted molar refractivity (Wildman–Crippen MR) is 97.8 cm³/mol. The van der Waals surface area contributed by atoms with E-state index in [-0.39, 0.29) is 31.1 Å². The van der Waals surface area contributed by atoms with Crippen LogP contribution in [0.2, 0.25) is 0 Å². The zero-order chi connectivity index (χ0) is 19.4. The van der Waals surface area contributed by atoms with Gasteiger partial charge in [0.05, 0.1) is 10.7 Å². The summed E-state index contributed by atoms with van der Waals surface area (Å²) in [6, 6.07) is 11.7. The van der Waals surface area contributed by atoms with Crippen molar-refractivity contribution in [2.75, 3.05) is 5.32 Å². The van der Waals surface area contributed by atoms with Crippen molar-refractivity contribution < 1.29 is 19.5 Å². The Hall–Kier alpha value is -3.35. The number of para-hydroxylation sites is 2. The molecule has 138 valence electrons. The molecule has 2 N–H and O–H groups in total. The fourth-order valence-corrected chi connectivity index (χ4v) is 2.88. The SMILES string of the molecule is Cc1ccc(NC(=O)CCCC(=O)O)c(C2N=c3ccccc3=NC2=O)c1. The fraction of sp³-hybridized carbons (Fsp3) is 0.250. The van der Waals surface area contributed by atoms with Crippen molar-refractivity contribution in [3.8, 4) is 0 Å². The standard InChI is InChI=1S/C20H19N3O4/c1-12-9-10-14(21-17(24)7-4-8-18(25)26)13(11-12)19-20(27)23-16-6-3-2-5-15(16)22-19/h2-3,5-6,9-11,19H,4,7-8H2,1H3,(H,21,24)(H,25,26). The topological polar surface area (TPSA) is 108 Å². The van der Waals surface area contributed by atoms with Crippen molar-refractivity contribution in [3.63, 3.8) is 0 Å². The van der Waals surface area contributed by atoms with Gasteiger partial charge in [-0.05, 0) is 31.5 Å². The molecular weight excluding hydrogens is 346 g/mol. The lowest BCUT2D eigenvalue weighted by Crippen LogP contribution is -2.33. The minimum absolute atomic E-state index is 0.0692. The smallest absolute Gasteiger partial charge is 0.303 e. The van der Waals surface area contributed by atoms with Crippen LogP contribution in [-0.2, 0) is 14.4 Å². The van der Waals surface area contributed by atoms with Crippen LogP contribution in [0.15, 0.2) is 52.4 Å². The van der Waals surface area contributed by atoms with Crippen LogP contribution in [-0.4, -0.2) is 22.9 Å². The second-order valence-electron chi connectivity index (χ2n) is 6.36. The van der Waals surface area contributed by atoms with E-state index >= 15 is 0 Å². The summed E-state index contributed by atoms with van der Waals surface area (Å²) in [6.45, 7) is 1.89. The largest absolute Gasteiger partial charge is 0.481 e. The molecule has 7 nitrogen and oxygen atoms in total. The van der Waals surface area contributed by atoms with Crippen LogP contribution in [0.4, 0.5) is 5.69 Å². The number of carboxylic acid groups (broad SMARTS) is 1. The zero-order valence-electron chi connectivity index (χ0n) is 14.8. The first-order chi connectivity index (χ1) is 12.9. The predicted octanol–water partition coefficient (Wildman–Crippen LogP) is 1.71. The monoisotopic (exact) mass is 365 g/mol. The lowest BCUT2D eigenvalue weighted by Gasteiger charge is -2.17. The van der Waals surface area contributed by atoms with E-state index in [0.29, 0.717) is 22.0 Å². The molecule has 1 heterocycles. The number of nitrogens with one attached hydrogen (secondary N) is 1. The molecule has 1 aliphatic rings. The third-order valence-corrected chi connectivity index (χ3v) is 4.18. The average Bonchev–Trinajstić information content (AvgIpc) is 2.62. The number of carboxylic acids is 1. The Bertz CT molecular complexity index is 1030. The van der Waals surface area contributed by atoms with E-state index < -0.39 is 12.0 Å². The van der Waals surface area contributed by atoms with Gasteiger partial charge >= 0.3 is 5.97 Å². The van der Waals surface area contributed by atoms with Gasteiger partial charge in [-0.1, -0.05) is 29.8 Å². The number of rotatable bonds is 6. The van der Waals surface area contributed by atoms with Crippen molar-refractivity contribution in [2.24, 2.45) is 9.98 Å². The molecule has 27 heavy (non-hydrogen) atoms. The molecule has 1 aliphatic heterocycles. The Labute approximate surface area is 155 Å². The number of anilines is 1. The quantitative estimate of drug-likeness (QED) is 0.812. The molecular formula is C20H19N3O4. The van der Waals surface area contributed by atoms with Gasteiger partial charge < -0.3 is 10.4 Å². The van der Waals surface area contributed by atoms with Crippen LogP contribution in [0.5, 0.6) is 0 Å². The van der Waals surface area contributed by atoms with Gasteiger partial charge in [0.25, 0.3) is 5.91 Å². The van der Waals surface area contributed by atoms with Crippen LogP contribution in [0, 0.1) is 6.92 Å². The molecule has 0 saturated heterocycles. The normalized spacial score (nSPS) is 15.3. The maximum Gasteiger partial charge on any atom is 0.303 e. The van der Waals surface area contributed by atoms with Gasteiger partial charge in [-0.25, -0.2) is 4.99 Å². The highest BCUT2D eigenvalue weighted by Crippen LogP contribution is 2.28. The molecule has 0 radical (unpaired) electrons. The summed E-state index contributed by atoms with van der Waals surface area (Å²) in [7, 11) is 0. The third-order valence-electron chi connectivity index (χ3n) is 4.18. The number of carbonyl (C=O) groups excluding carboxylic acids is 2. The van der Waals surface area contributed by atoms with Crippen molar-refractivity contribution in [2.45, 2.75) is 32.2 Å². The van der Waals surface area contributed by atoms with Crippen LogP contribution in [0.1, 0.15) is 36.4 Å². The second kappa shape index (κ2) is 7.90.